The molecule has 2 heterocycles. The third-order valence-corrected chi connectivity index (χ3v) is 11.2. The predicted octanol–water partition coefficient (Wildman–Crippen LogP) is 5.05. The molecule has 0 fully saturated rings. The third-order valence-electron chi connectivity index (χ3n) is 10.1. The second-order valence-corrected chi connectivity index (χ2v) is 16.4. The van der Waals surface area contributed by atoms with Crippen LogP contribution in [0.25, 0.3) is 22.8 Å². The zero-order valence-corrected chi connectivity index (χ0v) is 39.4. The summed E-state index contributed by atoms with van der Waals surface area (Å²) >= 11 is 0.981. The second-order valence-electron chi connectivity index (χ2n) is 15.0. The highest BCUT2D eigenvalue weighted by molar-refractivity contribution is 8.00. The van der Waals surface area contributed by atoms with Gasteiger partial charge in [-0.15, -0.1) is 11.8 Å². The number of H-pyrrole nitrogens is 1. The van der Waals surface area contributed by atoms with Crippen molar-refractivity contribution in [2.45, 2.75) is 50.0 Å². The van der Waals surface area contributed by atoms with Gasteiger partial charge < -0.3 is 50.9 Å². The minimum atomic E-state index is -1.28. The minimum Gasteiger partial charge on any atom is -0.478 e. The van der Waals surface area contributed by atoms with Crippen molar-refractivity contribution < 1.29 is 57.7 Å². The monoisotopic (exact) mass is 973 g/mol. The van der Waals surface area contributed by atoms with Gasteiger partial charge in [-0.05, 0) is 63.1 Å². The number of carbonyl (C=O) groups is 8. The first-order valence-corrected chi connectivity index (χ1v) is 22.6. The molecule has 4 amide bonds. The number of hydrogen-bond acceptors (Lipinski definition) is 14. The number of hydrogen-bond donors (Lipinski definition) is 7. The van der Waals surface area contributed by atoms with Gasteiger partial charge >= 0.3 is 17.9 Å². The number of rotatable bonds is 23. The number of anilines is 1. The fourth-order valence-corrected chi connectivity index (χ4v) is 7.81. The smallest absolute Gasteiger partial charge is 0.335 e. The summed E-state index contributed by atoms with van der Waals surface area (Å²) < 4.78 is 15.2. The average Bonchev–Trinajstić information content (AvgIpc) is 3.89. The molecule has 1 aromatic heterocycles. The molecule has 7 N–H and O–H groups in total. The fourth-order valence-electron chi connectivity index (χ4n) is 6.86. The second kappa shape index (κ2) is 25.1. The number of aliphatic imine (C=N–C) groups is 1. The number of aromatic amines is 1. The largest absolute Gasteiger partial charge is 0.478 e. The Morgan fingerprint density at radius 3 is 2.09 bits per heavy atom. The zero-order valence-electron chi connectivity index (χ0n) is 38.6. The molecule has 19 nitrogen and oxygen atoms in total. The number of amides is 4. The molecule has 20 heteroatoms. The quantitative estimate of drug-likeness (QED) is 0.0222. The number of nitrogens with zero attached hydrogens (tertiary/aromatic N) is 1. The zero-order chi connectivity index (χ0) is 50.9. The number of likely N-dealkylation sites (N-methyl/N-ethyl adjacent to an activating group) is 1. The van der Waals surface area contributed by atoms with Crippen molar-refractivity contribution >= 4 is 83.1 Å². The van der Waals surface area contributed by atoms with Crippen LogP contribution in [-0.4, -0.2) is 108 Å². The van der Waals surface area contributed by atoms with E-state index in [-0.39, 0.29) is 78.2 Å². The maximum atomic E-state index is 14.1. The molecule has 1 aliphatic rings. The van der Waals surface area contributed by atoms with Crippen LogP contribution in [0, 0.1) is 0 Å². The van der Waals surface area contributed by atoms with Gasteiger partial charge in [-0.3, -0.25) is 24.0 Å². The van der Waals surface area contributed by atoms with E-state index >= 15 is 0 Å². The van der Waals surface area contributed by atoms with Gasteiger partial charge in [0.2, 0.25) is 11.8 Å². The molecule has 1 aliphatic heterocycles. The fraction of sp³-hybridized carbons (Fsp3) is 0.220. The summed E-state index contributed by atoms with van der Waals surface area (Å²) in [5, 5.41) is 22.9. The summed E-state index contributed by atoms with van der Waals surface area (Å²) in [6, 6.07) is 20.6. The highest BCUT2D eigenvalue weighted by Crippen LogP contribution is 2.40. The molecule has 4 aromatic rings. The first-order chi connectivity index (χ1) is 33.6. The lowest BCUT2D eigenvalue weighted by Crippen LogP contribution is -2.48. The number of nitrogens with one attached hydrogen (secondary N) is 6. The van der Waals surface area contributed by atoms with Gasteiger partial charge in [-0.1, -0.05) is 73.8 Å². The molecule has 5 rings (SSSR count). The van der Waals surface area contributed by atoms with Crippen LogP contribution >= 0.6 is 11.8 Å². The highest BCUT2D eigenvalue weighted by Gasteiger charge is 2.34. The number of amidine groups is 1. The number of aromatic carboxylic acids is 1. The summed E-state index contributed by atoms with van der Waals surface area (Å²) in [5.74, 6) is -5.32. The van der Waals surface area contributed by atoms with Crippen molar-refractivity contribution in [3.8, 4) is 16.9 Å². The number of carbonyl (C=O) groups excluding carboxylic acids is 7. The lowest BCUT2D eigenvalue weighted by atomic mass is 9.95. The first kappa shape index (κ1) is 52.6. The molecule has 0 radical (unpaired) electrons. The van der Waals surface area contributed by atoms with Crippen LogP contribution in [0.5, 0.6) is 5.75 Å². The lowest BCUT2D eigenvalue weighted by Gasteiger charge is -2.20. The molecule has 0 saturated heterocycles. The van der Waals surface area contributed by atoms with Crippen molar-refractivity contribution in [3.63, 3.8) is 0 Å². The van der Waals surface area contributed by atoms with Gasteiger partial charge in [-0.2, -0.15) is 0 Å². The SMILES string of the molecule is C=CC(=O)OCC(CNC(C)C(=O)NC1=N/C(=C\c2[nH]c(NC(=O)C(C)Sc3cc(OC=O)cc(C(=O)O)c3)c(C(=O)NCC)c2-c2ccccc2)C(c2ccccc2)=C1C(=O)NCC)OC(=O)C=C. The summed E-state index contributed by atoms with van der Waals surface area (Å²) in [6.45, 7) is 13.4. The molecule has 0 bridgehead atoms. The Labute approximate surface area is 406 Å². The molecular formula is C50H51N7O12S. The van der Waals surface area contributed by atoms with E-state index in [0.29, 0.717) is 27.2 Å². The van der Waals surface area contributed by atoms with Gasteiger partial charge in [0.15, 0.2) is 0 Å². The normalized spacial score (nSPS) is 13.7. The van der Waals surface area contributed by atoms with Crippen LogP contribution in [0.1, 0.15) is 59.7 Å². The number of esters is 2. The molecule has 3 aromatic carbocycles. The molecular weight excluding hydrogens is 923 g/mol. The Morgan fingerprint density at radius 1 is 0.829 bits per heavy atom. The van der Waals surface area contributed by atoms with Crippen molar-refractivity contribution in [2.24, 2.45) is 4.99 Å². The Kier molecular flexibility index (Phi) is 18.9. The topological polar surface area (TPSA) is 273 Å². The van der Waals surface area contributed by atoms with Crippen LogP contribution in [0.4, 0.5) is 5.82 Å². The third kappa shape index (κ3) is 13.6. The van der Waals surface area contributed by atoms with Gasteiger partial charge in [0.05, 0.1) is 39.4 Å². The maximum absolute atomic E-state index is 14.1. The van der Waals surface area contributed by atoms with Crippen molar-refractivity contribution in [1.82, 2.24) is 26.3 Å². The molecule has 0 aliphatic carbocycles. The molecule has 3 atom stereocenters. The highest BCUT2D eigenvalue weighted by atomic mass is 32.2. The summed E-state index contributed by atoms with van der Waals surface area (Å²) in [7, 11) is 0. The van der Waals surface area contributed by atoms with Crippen LogP contribution < -0.4 is 31.3 Å². The van der Waals surface area contributed by atoms with E-state index in [1.165, 1.54) is 25.1 Å². The van der Waals surface area contributed by atoms with E-state index in [1.54, 1.807) is 87.5 Å². The van der Waals surface area contributed by atoms with E-state index in [9.17, 15) is 43.5 Å². The van der Waals surface area contributed by atoms with Crippen LogP contribution in [0.2, 0.25) is 0 Å². The Hall–Kier alpha value is -8.36. The standard InChI is InChI=1S/C50H51N7O12S/c1-7-38(59)67-26-34(69-39(60)8-2)25-53-28(5)46(61)56-44-42(48(63)51-9-3)40(30-17-13-11-14-18-30)36(54-44)24-37-41(31-19-15-12-16-20-31)43(49(64)52-10-4)45(55-37)57-47(62)29(6)70-35-22-32(50(65)66)21-33(23-35)68-27-58/h7-8,11-24,27-29,34,53,55H,1-2,9-10,25-26H2,3-6H3,(H,51,63)(H,52,64)(H,57,62)(H,65,66)(H,54,56,61)/b36-24-. The number of carboxylic acid groups (broad SMARTS) is 1. The van der Waals surface area contributed by atoms with Gasteiger partial charge in [0.25, 0.3) is 18.3 Å². The summed E-state index contributed by atoms with van der Waals surface area (Å²) in [5.41, 5.74) is 2.11. The minimum absolute atomic E-state index is 0.000656. The number of benzene rings is 3. The lowest BCUT2D eigenvalue weighted by molar-refractivity contribution is -0.152. The van der Waals surface area contributed by atoms with E-state index in [0.717, 1.165) is 23.9 Å². The Bertz CT molecular complexity index is 2770. The van der Waals surface area contributed by atoms with Crippen molar-refractivity contribution in [3.05, 3.63) is 138 Å². The van der Waals surface area contributed by atoms with E-state index in [1.807, 2.05) is 0 Å². The van der Waals surface area contributed by atoms with Crippen LogP contribution in [0.15, 0.2) is 125 Å². The van der Waals surface area contributed by atoms with E-state index in [4.69, 9.17) is 19.2 Å². The van der Waals surface area contributed by atoms with Crippen LogP contribution in [0.3, 0.4) is 0 Å². The average molecular weight is 974 g/mol. The van der Waals surface area contributed by atoms with Crippen molar-refractivity contribution in [1.29, 1.82) is 0 Å². The molecule has 3 unspecified atom stereocenters. The number of thioether (sulfide) groups is 1. The number of aromatic nitrogens is 1. The Morgan fingerprint density at radius 2 is 1.47 bits per heavy atom. The molecule has 70 heavy (non-hydrogen) atoms. The van der Waals surface area contributed by atoms with Gasteiger partial charge in [0, 0.05) is 47.8 Å². The van der Waals surface area contributed by atoms with Crippen molar-refractivity contribution in [2.75, 3.05) is 31.6 Å². The molecule has 0 saturated carbocycles. The summed E-state index contributed by atoms with van der Waals surface area (Å²) in [6.07, 6.45) is 2.46. The van der Waals surface area contributed by atoms with Gasteiger partial charge in [0.1, 0.15) is 30.1 Å². The summed E-state index contributed by atoms with van der Waals surface area (Å²) in [4.78, 5) is 111. The number of carboxylic acids is 1. The predicted molar refractivity (Wildman–Crippen MR) is 263 cm³/mol. The van der Waals surface area contributed by atoms with Crippen LogP contribution in [-0.2, 0) is 38.2 Å². The molecule has 364 valence electrons. The maximum Gasteiger partial charge on any atom is 0.335 e. The number of allylic oxidation sites excluding steroid dienone is 1. The molecule has 0 spiro atoms. The first-order valence-electron chi connectivity index (χ1n) is 21.7. The van der Waals surface area contributed by atoms with Gasteiger partial charge in [-0.25, -0.2) is 19.4 Å². The number of ether oxygens (including phenoxy) is 3. The Balaban J connectivity index is 1.62. The van der Waals surface area contributed by atoms with E-state index in [2.05, 4.69) is 44.7 Å². The van der Waals surface area contributed by atoms with E-state index < -0.39 is 58.9 Å².